The summed E-state index contributed by atoms with van der Waals surface area (Å²) in [6.45, 7) is 2.76. The number of pyridine rings is 1. The largest absolute Gasteiger partial charge is 0.396 e. The summed E-state index contributed by atoms with van der Waals surface area (Å²) < 4.78 is 0. The van der Waals surface area contributed by atoms with E-state index < -0.39 is 5.60 Å². The fraction of sp³-hybridized carbons (Fsp3) is 0.615. The highest BCUT2D eigenvalue weighted by molar-refractivity contribution is 5.64. The summed E-state index contributed by atoms with van der Waals surface area (Å²) in [5.41, 5.74) is 6.69. The second kappa shape index (κ2) is 4.92. The molecule has 1 aliphatic carbocycles. The third-order valence-electron chi connectivity index (χ3n) is 3.53. The molecule has 2 atom stereocenters. The highest BCUT2D eigenvalue weighted by Crippen LogP contribution is 2.32. The first kappa shape index (κ1) is 12.2. The molecule has 4 heteroatoms. The molecule has 2 rings (SSSR count). The number of nitrogen functional groups attached to an aromatic ring is 1. The van der Waals surface area contributed by atoms with Gasteiger partial charge in [-0.15, -0.1) is 0 Å². The predicted octanol–water partition coefficient (Wildman–Crippen LogP) is 2.02. The van der Waals surface area contributed by atoms with Gasteiger partial charge in [0.1, 0.15) is 0 Å². The Balaban J connectivity index is 1.95. The average Bonchev–Trinajstić information content (AvgIpc) is 2.28. The van der Waals surface area contributed by atoms with Gasteiger partial charge in [0.15, 0.2) is 0 Å². The summed E-state index contributed by atoms with van der Waals surface area (Å²) in [6, 6.07) is 1.84. The second-order valence-electron chi connectivity index (χ2n) is 5.24. The zero-order valence-corrected chi connectivity index (χ0v) is 10.3. The topological polar surface area (TPSA) is 71.2 Å². The van der Waals surface area contributed by atoms with Crippen molar-refractivity contribution in [2.75, 3.05) is 17.6 Å². The summed E-state index contributed by atoms with van der Waals surface area (Å²) in [5.74, 6) is 0.602. The minimum Gasteiger partial charge on any atom is -0.396 e. The lowest BCUT2D eigenvalue weighted by Gasteiger charge is -2.36. The van der Waals surface area contributed by atoms with Crippen LogP contribution >= 0.6 is 0 Å². The molecule has 1 aliphatic rings. The molecule has 1 saturated carbocycles. The summed E-state index contributed by atoms with van der Waals surface area (Å²) in [7, 11) is 0. The van der Waals surface area contributed by atoms with E-state index in [0.717, 1.165) is 24.9 Å². The van der Waals surface area contributed by atoms with Crippen molar-refractivity contribution in [3.05, 3.63) is 18.5 Å². The molecule has 2 unspecified atom stereocenters. The Morgan fingerprint density at radius 3 is 3.18 bits per heavy atom. The van der Waals surface area contributed by atoms with E-state index in [2.05, 4.69) is 17.2 Å². The van der Waals surface area contributed by atoms with Crippen molar-refractivity contribution in [1.82, 2.24) is 4.98 Å². The van der Waals surface area contributed by atoms with E-state index in [1.165, 1.54) is 6.42 Å². The summed E-state index contributed by atoms with van der Waals surface area (Å²) in [4.78, 5) is 3.94. The molecule has 1 heterocycles. The first-order chi connectivity index (χ1) is 8.09. The van der Waals surface area contributed by atoms with Crippen molar-refractivity contribution >= 4 is 11.4 Å². The van der Waals surface area contributed by atoms with Gasteiger partial charge < -0.3 is 16.2 Å². The third kappa shape index (κ3) is 3.09. The minimum absolute atomic E-state index is 0.561. The van der Waals surface area contributed by atoms with E-state index >= 15 is 0 Å². The number of nitrogens with zero attached hydrogens (tertiary/aromatic N) is 1. The molecule has 4 N–H and O–H groups in total. The maximum Gasteiger partial charge on any atom is 0.0821 e. The zero-order chi connectivity index (χ0) is 12.3. The van der Waals surface area contributed by atoms with Crippen LogP contribution in [0.25, 0.3) is 0 Å². The number of hydrogen-bond donors (Lipinski definition) is 3. The maximum absolute atomic E-state index is 10.5. The van der Waals surface area contributed by atoms with E-state index in [1.807, 2.05) is 6.07 Å². The molecule has 1 aromatic rings. The van der Waals surface area contributed by atoms with Crippen LogP contribution in [0.2, 0.25) is 0 Å². The molecular formula is C13H21N3O. The van der Waals surface area contributed by atoms with Gasteiger partial charge in [0, 0.05) is 12.7 Å². The van der Waals surface area contributed by atoms with Crippen LogP contribution in [0, 0.1) is 5.92 Å². The maximum atomic E-state index is 10.5. The fourth-order valence-corrected chi connectivity index (χ4v) is 2.62. The van der Waals surface area contributed by atoms with Crippen LogP contribution in [0.3, 0.4) is 0 Å². The molecule has 0 aliphatic heterocycles. The summed E-state index contributed by atoms with van der Waals surface area (Å²) in [5, 5.41) is 13.7. The highest BCUT2D eigenvalue weighted by Gasteiger charge is 2.32. The molecule has 0 aromatic carbocycles. The fourth-order valence-electron chi connectivity index (χ4n) is 2.62. The van der Waals surface area contributed by atoms with E-state index in [1.54, 1.807) is 12.4 Å². The van der Waals surface area contributed by atoms with Gasteiger partial charge in [-0.2, -0.15) is 0 Å². The SMILES string of the molecule is CC1CCCC(O)(CNc2ccncc2N)C1. The first-order valence-corrected chi connectivity index (χ1v) is 6.25. The Morgan fingerprint density at radius 2 is 2.47 bits per heavy atom. The van der Waals surface area contributed by atoms with E-state index in [0.29, 0.717) is 18.2 Å². The van der Waals surface area contributed by atoms with Gasteiger partial charge in [-0.25, -0.2) is 0 Å². The molecule has 0 bridgehead atoms. The number of aliphatic hydroxyl groups is 1. The Morgan fingerprint density at radius 1 is 1.65 bits per heavy atom. The second-order valence-corrected chi connectivity index (χ2v) is 5.24. The van der Waals surface area contributed by atoms with E-state index in [9.17, 15) is 5.11 Å². The number of nitrogens with one attached hydrogen (secondary N) is 1. The van der Waals surface area contributed by atoms with E-state index in [-0.39, 0.29) is 0 Å². The van der Waals surface area contributed by atoms with Crippen molar-refractivity contribution in [2.24, 2.45) is 5.92 Å². The third-order valence-corrected chi connectivity index (χ3v) is 3.53. The van der Waals surface area contributed by atoms with Crippen LogP contribution in [0.15, 0.2) is 18.5 Å². The standard InChI is InChI=1S/C13H21N3O/c1-10-3-2-5-13(17,7-10)9-16-12-4-6-15-8-11(12)14/h4,6,8,10,17H,2-3,5,7,9,14H2,1H3,(H,15,16). The van der Waals surface area contributed by atoms with Gasteiger partial charge in [-0.3, -0.25) is 4.98 Å². The quantitative estimate of drug-likeness (QED) is 0.749. The molecule has 0 amide bonds. The van der Waals surface area contributed by atoms with Crippen LogP contribution < -0.4 is 11.1 Å². The van der Waals surface area contributed by atoms with Gasteiger partial charge in [0.05, 0.1) is 23.2 Å². The molecular weight excluding hydrogens is 214 g/mol. The summed E-state index contributed by atoms with van der Waals surface area (Å²) >= 11 is 0. The van der Waals surface area contributed by atoms with Gasteiger partial charge in [-0.1, -0.05) is 19.8 Å². The van der Waals surface area contributed by atoms with Crippen molar-refractivity contribution in [3.63, 3.8) is 0 Å². The number of aromatic nitrogens is 1. The van der Waals surface area contributed by atoms with Crippen LogP contribution in [-0.4, -0.2) is 22.2 Å². The van der Waals surface area contributed by atoms with Crippen molar-refractivity contribution in [1.29, 1.82) is 0 Å². The zero-order valence-electron chi connectivity index (χ0n) is 10.3. The number of hydrogen-bond acceptors (Lipinski definition) is 4. The molecule has 0 radical (unpaired) electrons. The average molecular weight is 235 g/mol. The number of anilines is 2. The van der Waals surface area contributed by atoms with E-state index in [4.69, 9.17) is 5.73 Å². The molecule has 17 heavy (non-hydrogen) atoms. The van der Waals surface area contributed by atoms with Gasteiger partial charge >= 0.3 is 0 Å². The molecule has 94 valence electrons. The van der Waals surface area contributed by atoms with Gasteiger partial charge in [0.2, 0.25) is 0 Å². The lowest BCUT2D eigenvalue weighted by molar-refractivity contribution is -0.000748. The van der Waals surface area contributed by atoms with Crippen LogP contribution in [0.1, 0.15) is 32.6 Å². The monoisotopic (exact) mass is 235 g/mol. The minimum atomic E-state index is -0.590. The van der Waals surface area contributed by atoms with Gasteiger partial charge in [-0.05, 0) is 24.8 Å². The highest BCUT2D eigenvalue weighted by atomic mass is 16.3. The van der Waals surface area contributed by atoms with Crippen LogP contribution in [-0.2, 0) is 0 Å². The smallest absolute Gasteiger partial charge is 0.0821 e. The first-order valence-electron chi connectivity index (χ1n) is 6.25. The molecule has 0 spiro atoms. The van der Waals surface area contributed by atoms with Gasteiger partial charge in [0.25, 0.3) is 0 Å². The normalized spacial score (nSPS) is 28.9. The Bertz CT molecular complexity index is 383. The molecule has 4 nitrogen and oxygen atoms in total. The lowest BCUT2D eigenvalue weighted by atomic mass is 9.79. The van der Waals surface area contributed by atoms with Crippen LogP contribution in [0.4, 0.5) is 11.4 Å². The number of rotatable bonds is 3. The summed E-state index contributed by atoms with van der Waals surface area (Å²) in [6.07, 6.45) is 7.38. The number of nitrogens with two attached hydrogens (primary N) is 1. The van der Waals surface area contributed by atoms with Crippen molar-refractivity contribution < 1.29 is 5.11 Å². The van der Waals surface area contributed by atoms with Crippen molar-refractivity contribution in [3.8, 4) is 0 Å². The molecule has 1 aromatic heterocycles. The lowest BCUT2D eigenvalue weighted by Crippen LogP contribution is -2.41. The Kier molecular flexibility index (Phi) is 3.52. The molecule has 0 saturated heterocycles. The Labute approximate surface area is 102 Å². The van der Waals surface area contributed by atoms with Crippen molar-refractivity contribution in [2.45, 2.75) is 38.2 Å². The molecule has 1 fully saturated rings. The predicted molar refractivity (Wildman–Crippen MR) is 69.7 cm³/mol. The Hall–Kier alpha value is -1.29. The van der Waals surface area contributed by atoms with Crippen LogP contribution in [0.5, 0.6) is 0 Å².